The molecular formula is C20H18N4O4. The summed E-state index contributed by atoms with van der Waals surface area (Å²) in [6, 6.07) is 15.5. The Labute approximate surface area is 160 Å². The number of aromatic amines is 1. The quantitative estimate of drug-likeness (QED) is 0.445. The summed E-state index contributed by atoms with van der Waals surface area (Å²) >= 11 is 0. The zero-order valence-electron chi connectivity index (χ0n) is 15.1. The minimum absolute atomic E-state index is 0.254. The van der Waals surface area contributed by atoms with Crippen molar-refractivity contribution in [3.8, 4) is 5.75 Å². The summed E-state index contributed by atoms with van der Waals surface area (Å²) in [4.78, 5) is 38.6. The maximum absolute atomic E-state index is 12.0. The Morgan fingerprint density at radius 3 is 2.64 bits per heavy atom. The number of pyridine rings is 1. The number of amides is 2. The van der Waals surface area contributed by atoms with Crippen LogP contribution in [0.1, 0.15) is 15.9 Å². The highest BCUT2D eigenvalue weighted by Gasteiger charge is 2.08. The van der Waals surface area contributed by atoms with E-state index in [1.165, 1.54) is 13.3 Å². The molecule has 0 aliphatic carbocycles. The molecule has 0 fully saturated rings. The zero-order valence-corrected chi connectivity index (χ0v) is 15.1. The van der Waals surface area contributed by atoms with E-state index in [0.717, 1.165) is 10.9 Å². The van der Waals surface area contributed by atoms with Crippen molar-refractivity contribution >= 4 is 28.9 Å². The van der Waals surface area contributed by atoms with Gasteiger partial charge >= 0.3 is 0 Å². The van der Waals surface area contributed by atoms with Gasteiger partial charge in [0, 0.05) is 11.1 Å². The van der Waals surface area contributed by atoms with Gasteiger partial charge in [-0.05, 0) is 41.8 Å². The predicted molar refractivity (Wildman–Crippen MR) is 106 cm³/mol. The van der Waals surface area contributed by atoms with Crippen LogP contribution >= 0.6 is 0 Å². The Kier molecular flexibility index (Phi) is 5.81. The third kappa shape index (κ3) is 4.61. The van der Waals surface area contributed by atoms with Crippen LogP contribution in [0.15, 0.2) is 64.5 Å². The van der Waals surface area contributed by atoms with E-state index in [1.54, 1.807) is 36.4 Å². The number of carbonyl (C=O) groups excluding carboxylic acids is 2. The smallest absolute Gasteiger partial charge is 0.259 e. The van der Waals surface area contributed by atoms with E-state index in [0.29, 0.717) is 16.9 Å². The van der Waals surface area contributed by atoms with Crippen LogP contribution in [0.5, 0.6) is 5.75 Å². The van der Waals surface area contributed by atoms with E-state index < -0.39 is 11.8 Å². The Morgan fingerprint density at radius 2 is 1.89 bits per heavy atom. The van der Waals surface area contributed by atoms with Gasteiger partial charge in [-0.25, -0.2) is 5.43 Å². The fourth-order valence-corrected chi connectivity index (χ4v) is 2.48. The molecular weight excluding hydrogens is 360 g/mol. The number of nitrogens with zero attached hydrogens (tertiary/aromatic N) is 1. The molecule has 2 aromatic carbocycles. The van der Waals surface area contributed by atoms with Crippen LogP contribution in [0, 0.1) is 0 Å². The molecule has 0 unspecified atom stereocenters. The molecule has 0 saturated heterocycles. The molecule has 0 spiro atoms. The molecule has 0 bridgehead atoms. The lowest BCUT2D eigenvalue weighted by atomic mass is 10.2. The second-order valence-corrected chi connectivity index (χ2v) is 5.85. The first kappa shape index (κ1) is 18.8. The number of H-pyrrole nitrogens is 1. The Balaban J connectivity index is 1.54. The van der Waals surface area contributed by atoms with Crippen molar-refractivity contribution in [1.82, 2.24) is 15.7 Å². The Bertz CT molecular complexity index is 1090. The van der Waals surface area contributed by atoms with E-state index in [1.807, 2.05) is 18.2 Å². The topological polar surface area (TPSA) is 113 Å². The summed E-state index contributed by atoms with van der Waals surface area (Å²) in [6.07, 6.45) is 1.26. The SMILES string of the molecule is COc1ccc(C(=O)NCC(=O)N/N=C/c2cc3ccccc3[nH]c2=O)cc1. The number of carbonyl (C=O) groups is 2. The monoisotopic (exact) mass is 378 g/mol. The minimum Gasteiger partial charge on any atom is -0.497 e. The molecule has 3 N–H and O–H groups in total. The molecule has 1 heterocycles. The first-order valence-electron chi connectivity index (χ1n) is 8.43. The number of fused-ring (bicyclic) bond motifs is 1. The lowest BCUT2D eigenvalue weighted by Gasteiger charge is -2.05. The molecule has 3 aromatic rings. The van der Waals surface area contributed by atoms with Gasteiger partial charge in [0.25, 0.3) is 17.4 Å². The van der Waals surface area contributed by atoms with Gasteiger partial charge < -0.3 is 15.0 Å². The summed E-state index contributed by atoms with van der Waals surface area (Å²) in [6.45, 7) is -0.254. The van der Waals surface area contributed by atoms with Crippen LogP contribution in [-0.2, 0) is 4.79 Å². The number of ether oxygens (including phenoxy) is 1. The van der Waals surface area contributed by atoms with E-state index in [4.69, 9.17) is 4.74 Å². The number of hydrogen-bond acceptors (Lipinski definition) is 5. The van der Waals surface area contributed by atoms with E-state index in [-0.39, 0.29) is 12.1 Å². The van der Waals surface area contributed by atoms with Crippen molar-refractivity contribution in [3.63, 3.8) is 0 Å². The van der Waals surface area contributed by atoms with Gasteiger partial charge in [0.15, 0.2) is 0 Å². The molecule has 28 heavy (non-hydrogen) atoms. The van der Waals surface area contributed by atoms with Gasteiger partial charge in [-0.1, -0.05) is 18.2 Å². The molecule has 0 radical (unpaired) electrons. The standard InChI is InChI=1S/C20H18N4O4/c1-28-16-8-6-13(7-9-16)19(26)21-12-18(25)24-22-11-15-10-14-4-2-3-5-17(14)23-20(15)27/h2-11H,12H2,1H3,(H,21,26)(H,23,27)(H,24,25)/b22-11+. The van der Waals surface area contributed by atoms with Crippen molar-refractivity contribution in [2.45, 2.75) is 0 Å². The van der Waals surface area contributed by atoms with Crippen LogP contribution in [0.3, 0.4) is 0 Å². The molecule has 142 valence electrons. The third-order valence-electron chi connectivity index (χ3n) is 3.94. The first-order chi connectivity index (χ1) is 13.6. The van der Waals surface area contributed by atoms with Crippen molar-refractivity contribution in [2.75, 3.05) is 13.7 Å². The average Bonchev–Trinajstić information content (AvgIpc) is 2.72. The van der Waals surface area contributed by atoms with Gasteiger partial charge in [-0.3, -0.25) is 14.4 Å². The largest absolute Gasteiger partial charge is 0.497 e. The number of rotatable bonds is 6. The maximum Gasteiger partial charge on any atom is 0.259 e. The second-order valence-electron chi connectivity index (χ2n) is 5.85. The molecule has 8 nitrogen and oxygen atoms in total. The number of methoxy groups -OCH3 is 1. The number of para-hydroxylation sites is 1. The maximum atomic E-state index is 12.0. The van der Waals surface area contributed by atoms with Crippen molar-refractivity contribution in [3.05, 3.63) is 76.1 Å². The van der Waals surface area contributed by atoms with Gasteiger partial charge in [-0.2, -0.15) is 5.10 Å². The van der Waals surface area contributed by atoms with Crippen molar-refractivity contribution in [1.29, 1.82) is 0 Å². The summed E-state index contributed by atoms with van der Waals surface area (Å²) in [5, 5.41) is 7.11. The molecule has 1 aromatic heterocycles. The number of aromatic nitrogens is 1. The molecule has 0 saturated carbocycles. The van der Waals surface area contributed by atoms with Crippen LogP contribution in [0.25, 0.3) is 10.9 Å². The number of hydrogen-bond donors (Lipinski definition) is 3. The molecule has 0 atom stereocenters. The van der Waals surface area contributed by atoms with Crippen molar-refractivity contribution in [2.24, 2.45) is 5.10 Å². The summed E-state index contributed by atoms with van der Waals surface area (Å²) < 4.78 is 5.02. The zero-order chi connectivity index (χ0) is 19.9. The molecule has 0 aliphatic heterocycles. The fraction of sp³-hybridized carbons (Fsp3) is 0.100. The highest BCUT2D eigenvalue weighted by atomic mass is 16.5. The van der Waals surface area contributed by atoms with Gasteiger partial charge in [0.1, 0.15) is 5.75 Å². The fourth-order valence-electron chi connectivity index (χ4n) is 2.48. The third-order valence-corrected chi connectivity index (χ3v) is 3.94. The lowest BCUT2D eigenvalue weighted by Crippen LogP contribution is -2.35. The van der Waals surface area contributed by atoms with E-state index in [9.17, 15) is 14.4 Å². The molecule has 8 heteroatoms. The molecule has 2 amide bonds. The average molecular weight is 378 g/mol. The second kappa shape index (κ2) is 8.63. The van der Waals surface area contributed by atoms with Crippen LogP contribution in [0.4, 0.5) is 0 Å². The van der Waals surface area contributed by atoms with Crippen molar-refractivity contribution < 1.29 is 14.3 Å². The first-order valence-corrected chi connectivity index (χ1v) is 8.43. The highest BCUT2D eigenvalue weighted by molar-refractivity contribution is 5.96. The number of hydrazone groups is 1. The van der Waals surface area contributed by atoms with Crippen LogP contribution in [0.2, 0.25) is 0 Å². The Morgan fingerprint density at radius 1 is 1.14 bits per heavy atom. The lowest BCUT2D eigenvalue weighted by molar-refractivity contribution is -0.120. The number of benzene rings is 2. The van der Waals surface area contributed by atoms with Gasteiger partial charge in [-0.15, -0.1) is 0 Å². The van der Waals surface area contributed by atoms with Gasteiger partial charge in [0.05, 0.1) is 25.4 Å². The van der Waals surface area contributed by atoms with Crippen LogP contribution in [-0.4, -0.2) is 36.7 Å². The highest BCUT2D eigenvalue weighted by Crippen LogP contribution is 2.11. The predicted octanol–water partition coefficient (Wildman–Crippen LogP) is 1.42. The molecule has 0 aliphatic rings. The Hall–Kier alpha value is -3.94. The summed E-state index contributed by atoms with van der Waals surface area (Å²) in [5.41, 5.74) is 3.39. The summed E-state index contributed by atoms with van der Waals surface area (Å²) in [7, 11) is 1.53. The van der Waals surface area contributed by atoms with Crippen LogP contribution < -0.4 is 21.0 Å². The normalized spacial score (nSPS) is 10.8. The van der Waals surface area contributed by atoms with E-state index >= 15 is 0 Å². The van der Waals surface area contributed by atoms with E-state index in [2.05, 4.69) is 20.8 Å². The van der Waals surface area contributed by atoms with Gasteiger partial charge in [0.2, 0.25) is 0 Å². The molecule has 3 rings (SSSR count). The minimum atomic E-state index is -0.518. The number of nitrogens with one attached hydrogen (secondary N) is 3. The summed E-state index contributed by atoms with van der Waals surface area (Å²) in [5.74, 6) is -0.282.